The van der Waals surface area contributed by atoms with E-state index in [4.69, 9.17) is 27.9 Å². The van der Waals surface area contributed by atoms with Gasteiger partial charge >= 0.3 is 0 Å². The lowest BCUT2D eigenvalue weighted by molar-refractivity contribution is 0.352. The van der Waals surface area contributed by atoms with E-state index < -0.39 is 0 Å². The van der Waals surface area contributed by atoms with Crippen molar-refractivity contribution in [2.24, 2.45) is 0 Å². The number of hydrogen-bond donors (Lipinski definition) is 0. The van der Waals surface area contributed by atoms with Gasteiger partial charge in [-0.05, 0) is 36.8 Å². The second-order valence-electron chi connectivity index (χ2n) is 2.70. The molecule has 0 bridgehead atoms. The molecule has 13 heavy (non-hydrogen) atoms. The third kappa shape index (κ3) is 3.71. The van der Waals surface area contributed by atoms with Crippen LogP contribution in [-0.2, 0) is 0 Å². The molecule has 0 atom stereocenters. The van der Waals surface area contributed by atoms with Gasteiger partial charge in [0.15, 0.2) is 0 Å². The molecule has 0 aliphatic heterocycles. The van der Waals surface area contributed by atoms with Crippen LogP contribution in [0, 0.1) is 0 Å². The first kappa shape index (κ1) is 10.4. The summed E-state index contributed by atoms with van der Waals surface area (Å²) in [5.74, 6) is 0.794. The Morgan fingerprint density at radius 1 is 1.38 bits per heavy atom. The van der Waals surface area contributed by atoms with Gasteiger partial charge in [0.25, 0.3) is 0 Å². The van der Waals surface area contributed by atoms with E-state index in [1.54, 1.807) is 12.1 Å². The topological polar surface area (TPSA) is 9.23 Å². The van der Waals surface area contributed by atoms with Crippen molar-refractivity contribution in [3.05, 3.63) is 40.4 Å². The molecule has 0 radical (unpaired) electrons. The highest BCUT2D eigenvalue weighted by Crippen LogP contribution is 2.16. The minimum atomic E-state index is 0.505. The average molecular weight is 217 g/mol. The zero-order chi connectivity index (χ0) is 9.68. The van der Waals surface area contributed by atoms with Gasteiger partial charge < -0.3 is 4.74 Å². The molecule has 0 saturated heterocycles. The van der Waals surface area contributed by atoms with Crippen LogP contribution in [0.3, 0.4) is 0 Å². The molecule has 0 aliphatic carbocycles. The van der Waals surface area contributed by atoms with Crippen molar-refractivity contribution in [3.8, 4) is 5.75 Å². The predicted molar refractivity (Wildman–Crippen MR) is 56.6 cm³/mol. The minimum absolute atomic E-state index is 0.505. The maximum atomic E-state index is 5.71. The Hall–Kier alpha value is -0.660. The van der Waals surface area contributed by atoms with E-state index in [2.05, 4.69) is 0 Å². The summed E-state index contributed by atoms with van der Waals surface area (Å²) in [4.78, 5) is 0. The van der Waals surface area contributed by atoms with Gasteiger partial charge in [0, 0.05) is 10.6 Å². The van der Waals surface area contributed by atoms with Crippen LogP contribution in [0.5, 0.6) is 5.75 Å². The van der Waals surface area contributed by atoms with Gasteiger partial charge in [-0.3, -0.25) is 0 Å². The molecule has 0 heterocycles. The lowest BCUT2D eigenvalue weighted by Gasteiger charge is -2.05. The largest absolute Gasteiger partial charge is 0.489 e. The Morgan fingerprint density at radius 2 is 2.00 bits per heavy atom. The molecule has 0 fully saturated rings. The van der Waals surface area contributed by atoms with Crippen LogP contribution in [0.4, 0.5) is 0 Å². The van der Waals surface area contributed by atoms with Gasteiger partial charge in [-0.2, -0.15) is 0 Å². The van der Waals surface area contributed by atoms with Gasteiger partial charge in [-0.25, -0.2) is 0 Å². The van der Waals surface area contributed by atoms with Gasteiger partial charge in [0.2, 0.25) is 0 Å². The molecule has 1 aromatic rings. The summed E-state index contributed by atoms with van der Waals surface area (Å²) in [6, 6.07) is 7.22. The Bertz CT molecular complexity index is 290. The lowest BCUT2D eigenvalue weighted by atomic mass is 10.3. The molecule has 1 aromatic carbocycles. The van der Waals surface area contributed by atoms with E-state index in [1.807, 2.05) is 19.1 Å². The maximum Gasteiger partial charge on any atom is 0.119 e. The SMILES string of the molecule is C/C(=C/Cl)COc1ccc(Cl)cc1. The van der Waals surface area contributed by atoms with Gasteiger partial charge in [-0.15, -0.1) is 0 Å². The van der Waals surface area contributed by atoms with E-state index in [1.165, 1.54) is 5.54 Å². The molecular weight excluding hydrogens is 207 g/mol. The van der Waals surface area contributed by atoms with Crippen molar-refractivity contribution in [1.29, 1.82) is 0 Å². The maximum absolute atomic E-state index is 5.71. The summed E-state index contributed by atoms with van der Waals surface area (Å²) < 4.78 is 5.40. The van der Waals surface area contributed by atoms with Crippen LogP contribution in [0.2, 0.25) is 5.02 Å². The van der Waals surface area contributed by atoms with Crippen LogP contribution in [0.1, 0.15) is 6.92 Å². The third-order valence-electron chi connectivity index (χ3n) is 1.47. The zero-order valence-electron chi connectivity index (χ0n) is 7.26. The molecule has 0 unspecified atom stereocenters. The summed E-state index contributed by atoms with van der Waals surface area (Å²) in [5, 5.41) is 0.706. The highest BCUT2D eigenvalue weighted by atomic mass is 35.5. The van der Waals surface area contributed by atoms with E-state index in [0.717, 1.165) is 11.3 Å². The number of halogens is 2. The molecule has 0 aliphatic rings. The van der Waals surface area contributed by atoms with Gasteiger partial charge in [-0.1, -0.05) is 23.2 Å². The van der Waals surface area contributed by atoms with Gasteiger partial charge in [0.1, 0.15) is 12.4 Å². The number of rotatable bonds is 3. The quantitative estimate of drug-likeness (QED) is 0.746. The van der Waals surface area contributed by atoms with Crippen molar-refractivity contribution < 1.29 is 4.74 Å². The van der Waals surface area contributed by atoms with Crippen LogP contribution < -0.4 is 4.74 Å². The molecule has 0 aromatic heterocycles. The smallest absolute Gasteiger partial charge is 0.119 e. The van der Waals surface area contributed by atoms with Crippen molar-refractivity contribution >= 4 is 23.2 Å². The van der Waals surface area contributed by atoms with Crippen LogP contribution in [-0.4, -0.2) is 6.61 Å². The van der Waals surface area contributed by atoms with Crippen LogP contribution in [0.15, 0.2) is 35.4 Å². The first-order valence-corrected chi connectivity index (χ1v) is 4.68. The standard InChI is InChI=1S/C10H10Cl2O/c1-8(6-11)7-13-10-4-2-9(12)3-5-10/h2-6H,7H2,1H3/b8-6-. The van der Waals surface area contributed by atoms with Crippen LogP contribution >= 0.6 is 23.2 Å². The molecule has 0 amide bonds. The van der Waals surface area contributed by atoms with Crippen molar-refractivity contribution in [2.45, 2.75) is 6.92 Å². The summed E-state index contributed by atoms with van der Waals surface area (Å²) in [7, 11) is 0. The van der Waals surface area contributed by atoms with Crippen molar-refractivity contribution in [1.82, 2.24) is 0 Å². The molecule has 3 heteroatoms. The monoisotopic (exact) mass is 216 g/mol. The minimum Gasteiger partial charge on any atom is -0.489 e. The van der Waals surface area contributed by atoms with Crippen molar-refractivity contribution in [2.75, 3.05) is 6.61 Å². The molecule has 70 valence electrons. The zero-order valence-corrected chi connectivity index (χ0v) is 8.77. The fraction of sp³-hybridized carbons (Fsp3) is 0.200. The molecular formula is C10H10Cl2O. The second-order valence-corrected chi connectivity index (χ2v) is 3.35. The van der Waals surface area contributed by atoms with Gasteiger partial charge in [0.05, 0.1) is 0 Å². The fourth-order valence-corrected chi connectivity index (χ4v) is 0.948. The Morgan fingerprint density at radius 3 is 2.54 bits per heavy atom. The molecule has 0 N–H and O–H groups in total. The number of ether oxygens (including phenoxy) is 1. The third-order valence-corrected chi connectivity index (χ3v) is 2.09. The highest BCUT2D eigenvalue weighted by Gasteiger charge is 1.93. The fourth-order valence-electron chi connectivity index (χ4n) is 0.759. The Kier molecular flexibility index (Phi) is 4.13. The Balaban J connectivity index is 2.51. The molecule has 1 nitrogen and oxygen atoms in total. The lowest BCUT2D eigenvalue weighted by Crippen LogP contribution is -1.97. The normalized spacial score (nSPS) is 11.5. The van der Waals surface area contributed by atoms with E-state index in [9.17, 15) is 0 Å². The first-order chi connectivity index (χ1) is 6.22. The van der Waals surface area contributed by atoms with Crippen molar-refractivity contribution in [3.63, 3.8) is 0 Å². The summed E-state index contributed by atoms with van der Waals surface area (Å²) in [6.07, 6.45) is 0. The molecule has 1 rings (SSSR count). The summed E-state index contributed by atoms with van der Waals surface area (Å²) in [5.41, 5.74) is 2.49. The predicted octanol–water partition coefficient (Wildman–Crippen LogP) is 3.86. The molecule has 0 spiro atoms. The van der Waals surface area contributed by atoms with E-state index in [0.29, 0.717) is 11.6 Å². The summed E-state index contributed by atoms with van der Waals surface area (Å²) >= 11 is 11.2. The van der Waals surface area contributed by atoms with E-state index >= 15 is 0 Å². The number of hydrogen-bond acceptors (Lipinski definition) is 1. The summed E-state index contributed by atoms with van der Waals surface area (Å²) in [6.45, 7) is 2.41. The first-order valence-electron chi connectivity index (χ1n) is 3.86. The van der Waals surface area contributed by atoms with E-state index in [-0.39, 0.29) is 0 Å². The second kappa shape index (κ2) is 5.15. The van der Waals surface area contributed by atoms with Crippen LogP contribution in [0.25, 0.3) is 0 Å². The Labute approximate surface area is 87.9 Å². The highest BCUT2D eigenvalue weighted by molar-refractivity contribution is 6.30. The number of benzene rings is 1. The average Bonchev–Trinajstić information content (AvgIpc) is 2.16. The molecule has 0 saturated carbocycles.